The Labute approximate surface area is 165 Å². The Bertz CT molecular complexity index is 1140. The van der Waals surface area contributed by atoms with Gasteiger partial charge in [0.1, 0.15) is 5.76 Å². The van der Waals surface area contributed by atoms with E-state index in [1.165, 1.54) is 0 Å². The molecule has 0 unspecified atom stereocenters. The fourth-order valence-corrected chi connectivity index (χ4v) is 3.49. The molecule has 4 aromatic rings. The van der Waals surface area contributed by atoms with Gasteiger partial charge in [-0.05, 0) is 47.9 Å². The third kappa shape index (κ3) is 3.17. The van der Waals surface area contributed by atoms with Crippen molar-refractivity contribution in [2.45, 2.75) is 0 Å². The lowest BCUT2D eigenvalue weighted by Crippen LogP contribution is -2.15. The van der Waals surface area contributed by atoms with Gasteiger partial charge in [0.15, 0.2) is 0 Å². The number of fused-ring (bicyclic) bond motifs is 1. The average molecular weight is 363 g/mol. The molecule has 3 aromatic carbocycles. The maximum atomic E-state index is 5.67. The summed E-state index contributed by atoms with van der Waals surface area (Å²) in [5, 5.41) is 2.27. The van der Waals surface area contributed by atoms with Crippen molar-refractivity contribution in [1.29, 1.82) is 0 Å². The van der Waals surface area contributed by atoms with Crippen molar-refractivity contribution in [3.63, 3.8) is 0 Å². The van der Waals surface area contributed by atoms with Crippen LogP contribution in [0.1, 0.15) is 0 Å². The second-order valence-electron chi connectivity index (χ2n) is 6.36. The number of allylic oxidation sites excluding steroid dienone is 3. The molecule has 0 radical (unpaired) electrons. The third-order valence-corrected chi connectivity index (χ3v) is 4.70. The van der Waals surface area contributed by atoms with Crippen molar-refractivity contribution in [3.05, 3.63) is 122 Å². The Morgan fingerprint density at radius 2 is 1.57 bits per heavy atom. The molecule has 0 saturated heterocycles. The van der Waals surface area contributed by atoms with Crippen LogP contribution in [-0.2, 0) is 0 Å². The topological polar surface area (TPSA) is 16.4 Å². The summed E-state index contributed by atoms with van der Waals surface area (Å²) in [6.45, 7) is 7.88. The van der Waals surface area contributed by atoms with E-state index in [1.54, 1.807) is 12.3 Å². The summed E-state index contributed by atoms with van der Waals surface area (Å²) >= 11 is 0. The summed E-state index contributed by atoms with van der Waals surface area (Å²) in [5.41, 5.74) is 4.17. The van der Waals surface area contributed by atoms with E-state index in [0.29, 0.717) is 0 Å². The van der Waals surface area contributed by atoms with Crippen LogP contribution in [0.4, 0.5) is 11.4 Å². The van der Waals surface area contributed by atoms with E-state index in [0.717, 1.165) is 39.2 Å². The van der Waals surface area contributed by atoms with E-state index in [-0.39, 0.29) is 0 Å². The Balaban J connectivity index is 1.99. The molecule has 0 bridgehead atoms. The van der Waals surface area contributed by atoms with Crippen LogP contribution in [0.3, 0.4) is 0 Å². The van der Waals surface area contributed by atoms with Crippen molar-refractivity contribution < 1.29 is 4.42 Å². The first-order valence-electron chi connectivity index (χ1n) is 9.19. The number of anilines is 2. The molecule has 0 N–H and O–H groups in total. The van der Waals surface area contributed by atoms with Gasteiger partial charge in [0.05, 0.1) is 12.0 Å². The van der Waals surface area contributed by atoms with Crippen LogP contribution in [-0.4, -0.2) is 0 Å². The number of benzene rings is 3. The lowest BCUT2D eigenvalue weighted by Gasteiger charge is -2.27. The summed E-state index contributed by atoms with van der Waals surface area (Å²) in [6, 6.07) is 26.8. The molecule has 4 rings (SSSR count). The van der Waals surface area contributed by atoms with Crippen LogP contribution >= 0.6 is 0 Å². The van der Waals surface area contributed by atoms with Gasteiger partial charge in [0.2, 0.25) is 0 Å². The summed E-state index contributed by atoms with van der Waals surface area (Å²) in [7, 11) is 0. The van der Waals surface area contributed by atoms with Crippen LogP contribution in [0.2, 0.25) is 0 Å². The van der Waals surface area contributed by atoms with Crippen molar-refractivity contribution in [2.75, 3.05) is 4.90 Å². The van der Waals surface area contributed by atoms with Crippen LogP contribution < -0.4 is 4.90 Å². The van der Waals surface area contributed by atoms with E-state index in [9.17, 15) is 0 Å². The number of rotatable bonds is 6. The van der Waals surface area contributed by atoms with Crippen LogP contribution in [0.5, 0.6) is 0 Å². The minimum Gasteiger partial charge on any atom is -0.464 e. The molecule has 0 amide bonds. The molecule has 28 heavy (non-hydrogen) atoms. The number of hydrogen-bond donors (Lipinski definition) is 0. The van der Waals surface area contributed by atoms with E-state index >= 15 is 0 Å². The normalized spacial score (nSPS) is 11.4. The minimum absolute atomic E-state index is 0.861. The number of furan rings is 1. The molecule has 0 fully saturated rings. The minimum atomic E-state index is 0.861. The second kappa shape index (κ2) is 7.85. The Morgan fingerprint density at radius 1 is 0.786 bits per heavy atom. The van der Waals surface area contributed by atoms with Gasteiger partial charge in [-0.3, -0.25) is 0 Å². The molecule has 0 aliphatic carbocycles. The van der Waals surface area contributed by atoms with Gasteiger partial charge in [0.25, 0.3) is 0 Å². The maximum absolute atomic E-state index is 5.67. The van der Waals surface area contributed by atoms with Crippen molar-refractivity contribution in [2.24, 2.45) is 0 Å². The Kier molecular flexibility index (Phi) is 4.94. The van der Waals surface area contributed by atoms with Gasteiger partial charge in [-0.2, -0.15) is 0 Å². The highest BCUT2D eigenvalue weighted by Crippen LogP contribution is 2.39. The molecule has 2 heteroatoms. The average Bonchev–Trinajstić information content (AvgIpc) is 3.28. The highest BCUT2D eigenvalue weighted by molar-refractivity contribution is 6.04. The highest BCUT2D eigenvalue weighted by Gasteiger charge is 2.16. The molecule has 1 heterocycles. The van der Waals surface area contributed by atoms with E-state index < -0.39 is 0 Å². The quantitative estimate of drug-likeness (QED) is 0.330. The van der Waals surface area contributed by atoms with Crippen molar-refractivity contribution in [1.82, 2.24) is 0 Å². The molecule has 136 valence electrons. The lowest BCUT2D eigenvalue weighted by molar-refractivity contribution is 0.583. The summed E-state index contributed by atoms with van der Waals surface area (Å²) in [6.07, 6.45) is 7.31. The second-order valence-corrected chi connectivity index (χ2v) is 6.36. The zero-order valence-corrected chi connectivity index (χ0v) is 15.6. The molecule has 0 aliphatic rings. The molecule has 0 aliphatic heterocycles. The van der Waals surface area contributed by atoms with Crippen LogP contribution in [0.15, 0.2) is 127 Å². The Hall–Kier alpha value is -3.78. The summed E-state index contributed by atoms with van der Waals surface area (Å²) in [5.74, 6) is 0.861. The zero-order chi connectivity index (χ0) is 19.3. The fraction of sp³-hybridized carbons (Fsp3) is 0. The number of para-hydroxylation sites is 1. The molecule has 1 aromatic heterocycles. The fourth-order valence-electron chi connectivity index (χ4n) is 3.49. The molecular weight excluding hydrogens is 342 g/mol. The molecule has 0 atom stereocenters. The van der Waals surface area contributed by atoms with Gasteiger partial charge in [-0.1, -0.05) is 67.8 Å². The zero-order valence-electron chi connectivity index (χ0n) is 15.6. The number of nitrogens with zero attached hydrogens (tertiary/aromatic N) is 1. The van der Waals surface area contributed by atoms with Gasteiger partial charge in [-0.15, -0.1) is 0 Å². The molecule has 0 spiro atoms. The first-order valence-corrected chi connectivity index (χ1v) is 9.19. The van der Waals surface area contributed by atoms with E-state index in [4.69, 9.17) is 4.42 Å². The van der Waals surface area contributed by atoms with Gasteiger partial charge in [0, 0.05) is 22.3 Å². The Morgan fingerprint density at radius 3 is 2.29 bits per heavy atom. The molecule has 0 saturated carbocycles. The first kappa shape index (κ1) is 17.6. The molecule has 2 nitrogen and oxygen atoms in total. The van der Waals surface area contributed by atoms with E-state index in [2.05, 4.69) is 66.6 Å². The summed E-state index contributed by atoms with van der Waals surface area (Å²) in [4.78, 5) is 2.20. The summed E-state index contributed by atoms with van der Waals surface area (Å²) < 4.78 is 5.67. The van der Waals surface area contributed by atoms with Crippen LogP contribution in [0.25, 0.3) is 22.1 Å². The lowest BCUT2D eigenvalue weighted by atomic mass is 10.00. The van der Waals surface area contributed by atoms with Gasteiger partial charge < -0.3 is 9.32 Å². The van der Waals surface area contributed by atoms with Gasteiger partial charge >= 0.3 is 0 Å². The van der Waals surface area contributed by atoms with Gasteiger partial charge in [-0.25, -0.2) is 0 Å². The smallest absolute Gasteiger partial charge is 0.134 e. The monoisotopic (exact) mass is 363 g/mol. The predicted octanol–water partition coefficient (Wildman–Crippen LogP) is 7.49. The highest BCUT2D eigenvalue weighted by atomic mass is 16.3. The SMILES string of the molecule is C=C/C=C(\C=C)N(c1ccccc1)c1cccc2c(-c3ccco3)cccc12. The number of hydrogen-bond acceptors (Lipinski definition) is 2. The largest absolute Gasteiger partial charge is 0.464 e. The maximum Gasteiger partial charge on any atom is 0.134 e. The van der Waals surface area contributed by atoms with Crippen molar-refractivity contribution in [3.8, 4) is 11.3 Å². The van der Waals surface area contributed by atoms with Crippen LogP contribution in [0, 0.1) is 0 Å². The predicted molar refractivity (Wildman–Crippen MR) is 119 cm³/mol. The standard InChI is InChI=1S/C26H21NO/c1-3-11-20(4-2)27(21-12-6-5-7-13-21)25-17-9-14-22-23(25)15-8-16-24(22)26-18-10-19-28-26/h3-19H,1-2H2/b20-11+. The first-order chi connectivity index (χ1) is 13.8. The molecular formula is C26H21NO. The van der Waals surface area contributed by atoms with Crippen molar-refractivity contribution >= 4 is 22.1 Å². The van der Waals surface area contributed by atoms with E-state index in [1.807, 2.05) is 42.5 Å². The third-order valence-electron chi connectivity index (χ3n) is 4.70.